The summed E-state index contributed by atoms with van der Waals surface area (Å²) in [6.07, 6.45) is -8.59. The minimum Gasteiger partial charge on any atom is -0.481 e. The van der Waals surface area contributed by atoms with Gasteiger partial charge in [-0.15, -0.1) is 0 Å². The number of aliphatic carboxylic acids is 1. The topological polar surface area (TPSA) is 55.8 Å². The minimum absolute atomic E-state index is 0.0895. The average Bonchev–Trinajstić information content (AvgIpc) is 1.90. The Hall–Kier alpha value is -0.820. The first kappa shape index (κ1) is 11.3. The summed E-state index contributed by atoms with van der Waals surface area (Å²) in [7, 11) is 0. The molecule has 1 unspecified atom stereocenters. The Bertz CT molecular complexity index is 211. The van der Waals surface area contributed by atoms with Gasteiger partial charge in [0.1, 0.15) is 6.10 Å². The highest BCUT2D eigenvalue weighted by molar-refractivity contribution is 5.67. The number of carbonyl (C=O) groups is 1. The third-order valence-electron chi connectivity index (χ3n) is 1.69. The van der Waals surface area contributed by atoms with Crippen molar-refractivity contribution in [2.75, 3.05) is 13.2 Å². The number of rotatable bonds is 4. The summed E-state index contributed by atoms with van der Waals surface area (Å²) >= 11 is 0. The van der Waals surface area contributed by atoms with E-state index in [4.69, 9.17) is 5.11 Å². The van der Waals surface area contributed by atoms with Gasteiger partial charge in [0.2, 0.25) is 0 Å². The molecule has 14 heavy (non-hydrogen) atoms. The number of halogens is 3. The van der Waals surface area contributed by atoms with Crippen molar-refractivity contribution in [3.8, 4) is 0 Å². The van der Waals surface area contributed by atoms with Gasteiger partial charge in [0, 0.05) is 0 Å². The summed E-state index contributed by atoms with van der Waals surface area (Å²) in [5.74, 6) is -1.53. The van der Waals surface area contributed by atoms with E-state index in [1.807, 2.05) is 0 Å². The van der Waals surface area contributed by atoms with Crippen LogP contribution in [0.3, 0.4) is 0 Å². The molecule has 0 aromatic carbocycles. The molecule has 1 saturated heterocycles. The maximum absolute atomic E-state index is 12.2. The van der Waals surface area contributed by atoms with E-state index < -0.39 is 30.8 Å². The fourth-order valence-corrected chi connectivity index (χ4v) is 0.925. The third kappa shape index (κ3) is 3.15. The number of hydrogen-bond acceptors (Lipinski definition) is 3. The van der Waals surface area contributed by atoms with Crippen LogP contribution in [0.5, 0.6) is 0 Å². The Labute approximate surface area is 77.6 Å². The molecule has 1 fully saturated rings. The molecule has 0 bridgehead atoms. The van der Waals surface area contributed by atoms with Gasteiger partial charge in [0.15, 0.2) is 6.10 Å². The molecule has 1 N–H and O–H groups in total. The first-order chi connectivity index (χ1) is 6.39. The van der Waals surface area contributed by atoms with Crippen LogP contribution in [0.2, 0.25) is 0 Å². The Kier molecular flexibility index (Phi) is 3.33. The number of alkyl halides is 3. The number of carboxylic acid groups (broad SMARTS) is 1. The van der Waals surface area contributed by atoms with Gasteiger partial charge < -0.3 is 14.6 Å². The van der Waals surface area contributed by atoms with Crippen LogP contribution in [0, 0.1) is 0 Å². The van der Waals surface area contributed by atoms with E-state index in [1.54, 1.807) is 0 Å². The van der Waals surface area contributed by atoms with Crippen molar-refractivity contribution in [2.45, 2.75) is 24.8 Å². The van der Waals surface area contributed by atoms with Crippen LogP contribution in [0.4, 0.5) is 13.2 Å². The van der Waals surface area contributed by atoms with Crippen LogP contribution >= 0.6 is 0 Å². The minimum atomic E-state index is -4.64. The fourth-order valence-electron chi connectivity index (χ4n) is 0.925. The summed E-state index contributed by atoms with van der Waals surface area (Å²) in [6.45, 7) is 0.179. The second-order valence-electron chi connectivity index (χ2n) is 2.92. The maximum Gasteiger partial charge on any atom is 0.415 e. The second-order valence-corrected chi connectivity index (χ2v) is 2.92. The zero-order valence-electron chi connectivity index (χ0n) is 7.08. The molecule has 0 aromatic heterocycles. The molecule has 0 spiro atoms. The van der Waals surface area contributed by atoms with Crippen LogP contribution in [0.1, 0.15) is 6.42 Å². The van der Waals surface area contributed by atoms with Gasteiger partial charge in [-0.2, -0.15) is 13.2 Å². The van der Waals surface area contributed by atoms with E-state index in [0.29, 0.717) is 0 Å². The highest BCUT2D eigenvalue weighted by Crippen LogP contribution is 2.27. The summed E-state index contributed by atoms with van der Waals surface area (Å²) in [6, 6.07) is 0. The fraction of sp³-hybridized carbons (Fsp3) is 0.857. The summed E-state index contributed by atoms with van der Waals surface area (Å²) < 4.78 is 45.7. The molecule has 1 heterocycles. The molecular weight excluding hydrogens is 205 g/mol. The first-order valence-electron chi connectivity index (χ1n) is 3.91. The van der Waals surface area contributed by atoms with Gasteiger partial charge in [-0.1, -0.05) is 0 Å². The van der Waals surface area contributed by atoms with Crippen LogP contribution in [-0.2, 0) is 14.3 Å². The highest BCUT2D eigenvalue weighted by atomic mass is 19.4. The van der Waals surface area contributed by atoms with Gasteiger partial charge in [-0.25, -0.2) is 0 Å². The van der Waals surface area contributed by atoms with Gasteiger partial charge in [-0.3, -0.25) is 4.79 Å². The SMILES string of the molecule is O=C(O)CC(OC1COC1)C(F)(F)F. The normalized spacial score (nSPS) is 20.2. The van der Waals surface area contributed by atoms with Gasteiger partial charge >= 0.3 is 12.1 Å². The van der Waals surface area contributed by atoms with E-state index in [1.165, 1.54) is 0 Å². The van der Waals surface area contributed by atoms with E-state index in [-0.39, 0.29) is 13.2 Å². The molecule has 7 heteroatoms. The Morgan fingerprint density at radius 2 is 2.14 bits per heavy atom. The van der Waals surface area contributed by atoms with E-state index in [0.717, 1.165) is 0 Å². The van der Waals surface area contributed by atoms with Crippen molar-refractivity contribution in [3.63, 3.8) is 0 Å². The monoisotopic (exact) mass is 214 g/mol. The predicted molar refractivity (Wildman–Crippen MR) is 37.8 cm³/mol. The van der Waals surface area contributed by atoms with Crippen LogP contribution < -0.4 is 0 Å². The highest BCUT2D eigenvalue weighted by Gasteiger charge is 2.44. The largest absolute Gasteiger partial charge is 0.481 e. The molecular formula is C7H9F3O4. The Balaban J connectivity index is 2.47. The predicted octanol–water partition coefficient (Wildman–Crippen LogP) is 0.807. The van der Waals surface area contributed by atoms with Crippen LogP contribution in [0.15, 0.2) is 0 Å². The molecule has 1 atom stereocenters. The summed E-state index contributed by atoms with van der Waals surface area (Å²) in [4.78, 5) is 10.1. The first-order valence-corrected chi connectivity index (χ1v) is 3.91. The number of carboxylic acids is 1. The van der Waals surface area contributed by atoms with Gasteiger partial charge in [0.25, 0.3) is 0 Å². The molecule has 1 rings (SSSR count). The maximum atomic E-state index is 12.2. The zero-order valence-corrected chi connectivity index (χ0v) is 7.08. The summed E-state index contributed by atoms with van der Waals surface area (Å²) in [5, 5.41) is 8.24. The summed E-state index contributed by atoms with van der Waals surface area (Å²) in [5.41, 5.74) is 0. The number of ether oxygens (including phenoxy) is 2. The lowest BCUT2D eigenvalue weighted by Crippen LogP contribution is -2.44. The molecule has 1 aliphatic rings. The zero-order chi connectivity index (χ0) is 10.8. The second kappa shape index (κ2) is 4.14. The van der Waals surface area contributed by atoms with Gasteiger partial charge in [0.05, 0.1) is 19.6 Å². The lowest BCUT2D eigenvalue weighted by Gasteiger charge is -2.30. The molecule has 0 saturated carbocycles. The van der Waals surface area contributed by atoms with Crippen molar-refractivity contribution in [3.05, 3.63) is 0 Å². The van der Waals surface area contributed by atoms with E-state index >= 15 is 0 Å². The molecule has 82 valence electrons. The quantitative estimate of drug-likeness (QED) is 0.752. The molecule has 0 amide bonds. The number of hydrogen-bond donors (Lipinski definition) is 1. The van der Waals surface area contributed by atoms with Gasteiger partial charge in [-0.05, 0) is 0 Å². The molecule has 0 aliphatic carbocycles. The Morgan fingerprint density at radius 3 is 2.43 bits per heavy atom. The molecule has 0 aromatic rings. The van der Waals surface area contributed by atoms with Crippen molar-refractivity contribution in [2.24, 2.45) is 0 Å². The smallest absolute Gasteiger partial charge is 0.415 e. The van der Waals surface area contributed by atoms with Crippen LogP contribution in [-0.4, -0.2) is 42.7 Å². The average molecular weight is 214 g/mol. The van der Waals surface area contributed by atoms with Crippen molar-refractivity contribution in [1.29, 1.82) is 0 Å². The lowest BCUT2D eigenvalue weighted by atomic mass is 10.2. The van der Waals surface area contributed by atoms with Crippen molar-refractivity contribution < 1.29 is 32.5 Å². The molecule has 4 nitrogen and oxygen atoms in total. The molecule has 0 radical (unpaired) electrons. The molecule has 1 aliphatic heterocycles. The van der Waals surface area contributed by atoms with Crippen molar-refractivity contribution >= 4 is 5.97 Å². The van der Waals surface area contributed by atoms with Crippen LogP contribution in [0.25, 0.3) is 0 Å². The third-order valence-corrected chi connectivity index (χ3v) is 1.69. The van der Waals surface area contributed by atoms with E-state index in [2.05, 4.69) is 9.47 Å². The Morgan fingerprint density at radius 1 is 1.57 bits per heavy atom. The van der Waals surface area contributed by atoms with E-state index in [9.17, 15) is 18.0 Å². The lowest BCUT2D eigenvalue weighted by molar-refractivity contribution is -0.261. The van der Waals surface area contributed by atoms with Crippen molar-refractivity contribution in [1.82, 2.24) is 0 Å². The standard InChI is InChI=1S/C7H9F3O4/c8-7(9,10)5(1-6(11)12)14-4-2-13-3-4/h4-5H,1-3H2,(H,11,12).